The van der Waals surface area contributed by atoms with Crippen LogP contribution < -0.4 is 5.32 Å². The van der Waals surface area contributed by atoms with Gasteiger partial charge in [-0.25, -0.2) is 9.37 Å². The molecule has 1 N–H and O–H groups in total. The van der Waals surface area contributed by atoms with E-state index in [4.69, 9.17) is 11.6 Å². The van der Waals surface area contributed by atoms with Crippen LogP contribution in [0.3, 0.4) is 0 Å². The van der Waals surface area contributed by atoms with E-state index in [1.165, 1.54) is 12.3 Å². The molecule has 0 radical (unpaired) electrons. The predicted octanol–water partition coefficient (Wildman–Crippen LogP) is 3.40. The number of hydrogen-bond donors (Lipinski definition) is 1. The lowest BCUT2D eigenvalue weighted by Crippen LogP contribution is -2.00. The van der Waals surface area contributed by atoms with Gasteiger partial charge in [0.25, 0.3) is 0 Å². The largest absolute Gasteiger partial charge is 0.335 e. The van der Waals surface area contributed by atoms with E-state index in [9.17, 15) is 4.39 Å². The maximum Gasteiger partial charge on any atom is 0.167 e. The Kier molecular flexibility index (Phi) is 3.28. The van der Waals surface area contributed by atoms with Gasteiger partial charge in [-0.2, -0.15) is 5.10 Å². The van der Waals surface area contributed by atoms with Crippen LogP contribution in [0.5, 0.6) is 0 Å². The first-order valence-corrected chi connectivity index (χ1v) is 5.56. The van der Waals surface area contributed by atoms with Gasteiger partial charge >= 0.3 is 0 Å². The van der Waals surface area contributed by atoms with E-state index >= 15 is 0 Å². The van der Waals surface area contributed by atoms with E-state index < -0.39 is 5.82 Å². The van der Waals surface area contributed by atoms with Crippen LogP contribution in [0.2, 0.25) is 5.02 Å². The molecule has 0 bridgehead atoms. The molecular formula is C11H12ClFN4. The molecule has 0 saturated heterocycles. The van der Waals surface area contributed by atoms with Crippen LogP contribution in [0.4, 0.5) is 15.9 Å². The Bertz CT molecular complexity index is 524. The molecule has 0 saturated carbocycles. The Morgan fingerprint density at radius 1 is 1.41 bits per heavy atom. The van der Waals surface area contributed by atoms with Crippen LogP contribution in [0.1, 0.15) is 19.9 Å². The summed E-state index contributed by atoms with van der Waals surface area (Å²) in [5.74, 6) is -0.354. The minimum atomic E-state index is -0.491. The van der Waals surface area contributed by atoms with Crippen molar-refractivity contribution < 1.29 is 4.39 Å². The van der Waals surface area contributed by atoms with Crippen molar-refractivity contribution in [3.8, 4) is 0 Å². The normalized spacial score (nSPS) is 10.9. The third-order valence-corrected chi connectivity index (χ3v) is 2.41. The van der Waals surface area contributed by atoms with Gasteiger partial charge in [-0.15, -0.1) is 0 Å². The summed E-state index contributed by atoms with van der Waals surface area (Å²) in [5.41, 5.74) is 0.687. The van der Waals surface area contributed by atoms with Crippen molar-refractivity contribution in [3.05, 3.63) is 35.5 Å². The highest BCUT2D eigenvalue weighted by Crippen LogP contribution is 2.20. The van der Waals surface area contributed by atoms with E-state index in [2.05, 4.69) is 15.4 Å². The second kappa shape index (κ2) is 4.71. The Balaban J connectivity index is 2.19. The molecule has 0 aliphatic rings. The van der Waals surface area contributed by atoms with Crippen LogP contribution in [0.25, 0.3) is 0 Å². The zero-order chi connectivity index (χ0) is 12.4. The smallest absolute Gasteiger partial charge is 0.167 e. The second-order valence-corrected chi connectivity index (χ2v) is 4.35. The SMILES string of the molecule is CC(C)n1cc(Nc2ncc(Cl)cc2F)cn1. The lowest BCUT2D eigenvalue weighted by molar-refractivity contribution is 0.532. The first-order chi connectivity index (χ1) is 8.06. The van der Waals surface area contributed by atoms with Gasteiger partial charge in [0.05, 0.1) is 16.9 Å². The molecule has 90 valence electrons. The first kappa shape index (κ1) is 11.9. The minimum Gasteiger partial charge on any atom is -0.335 e. The molecule has 2 heterocycles. The third-order valence-electron chi connectivity index (χ3n) is 2.20. The van der Waals surface area contributed by atoms with Crippen molar-refractivity contribution in [2.24, 2.45) is 0 Å². The summed E-state index contributed by atoms with van der Waals surface area (Å²) in [6.45, 7) is 4.02. The summed E-state index contributed by atoms with van der Waals surface area (Å²) < 4.78 is 15.2. The van der Waals surface area contributed by atoms with E-state index in [1.54, 1.807) is 17.1 Å². The highest BCUT2D eigenvalue weighted by atomic mass is 35.5. The average molecular weight is 255 g/mol. The van der Waals surface area contributed by atoms with Crippen molar-refractivity contribution in [1.29, 1.82) is 0 Å². The van der Waals surface area contributed by atoms with E-state index in [-0.39, 0.29) is 16.9 Å². The number of nitrogens with one attached hydrogen (secondary N) is 1. The van der Waals surface area contributed by atoms with E-state index in [1.807, 2.05) is 13.8 Å². The fourth-order valence-corrected chi connectivity index (χ4v) is 1.47. The van der Waals surface area contributed by atoms with Gasteiger partial charge in [-0.05, 0) is 19.9 Å². The Morgan fingerprint density at radius 3 is 2.76 bits per heavy atom. The summed E-state index contributed by atoms with van der Waals surface area (Å²) in [6.07, 6.45) is 4.80. The number of hydrogen-bond acceptors (Lipinski definition) is 3. The predicted molar refractivity (Wildman–Crippen MR) is 65.1 cm³/mol. The zero-order valence-electron chi connectivity index (χ0n) is 9.48. The number of anilines is 2. The number of nitrogens with zero attached hydrogens (tertiary/aromatic N) is 3. The molecule has 0 aromatic carbocycles. The molecule has 17 heavy (non-hydrogen) atoms. The maximum atomic E-state index is 13.5. The van der Waals surface area contributed by atoms with Crippen molar-refractivity contribution in [3.63, 3.8) is 0 Å². The van der Waals surface area contributed by atoms with Gasteiger partial charge in [0.1, 0.15) is 0 Å². The molecule has 6 heteroatoms. The standard InChI is InChI=1S/C11H12ClFN4/c1-7(2)17-6-9(5-15-17)16-11-10(13)3-8(12)4-14-11/h3-7H,1-2H3,(H,14,16). The highest BCUT2D eigenvalue weighted by Gasteiger charge is 2.07. The monoisotopic (exact) mass is 254 g/mol. The summed E-state index contributed by atoms with van der Waals surface area (Å²) >= 11 is 5.62. The summed E-state index contributed by atoms with van der Waals surface area (Å²) in [5, 5.41) is 7.25. The van der Waals surface area contributed by atoms with Crippen LogP contribution >= 0.6 is 11.6 Å². The van der Waals surface area contributed by atoms with Gasteiger partial charge in [-0.1, -0.05) is 11.6 Å². The van der Waals surface area contributed by atoms with Gasteiger partial charge in [0.2, 0.25) is 0 Å². The third kappa shape index (κ3) is 2.74. The maximum absolute atomic E-state index is 13.5. The molecule has 0 aliphatic heterocycles. The van der Waals surface area contributed by atoms with E-state index in [0.717, 1.165) is 0 Å². The molecule has 0 fully saturated rings. The molecule has 4 nitrogen and oxygen atoms in total. The molecule has 0 unspecified atom stereocenters. The second-order valence-electron chi connectivity index (χ2n) is 3.91. The minimum absolute atomic E-state index is 0.137. The Morgan fingerprint density at radius 2 is 2.18 bits per heavy atom. The molecule has 0 aliphatic carbocycles. The summed E-state index contributed by atoms with van der Waals surface area (Å²) in [6, 6.07) is 1.47. The first-order valence-electron chi connectivity index (χ1n) is 5.18. The van der Waals surface area contributed by atoms with Crippen LogP contribution in [-0.4, -0.2) is 14.8 Å². The lowest BCUT2D eigenvalue weighted by atomic mass is 10.4. The molecule has 2 rings (SSSR count). The van der Waals surface area contributed by atoms with Crippen molar-refractivity contribution >= 4 is 23.1 Å². The topological polar surface area (TPSA) is 42.7 Å². The van der Waals surface area contributed by atoms with Gasteiger partial charge in [0.15, 0.2) is 11.6 Å². The number of pyridine rings is 1. The quantitative estimate of drug-likeness (QED) is 0.913. The number of aromatic nitrogens is 3. The highest BCUT2D eigenvalue weighted by molar-refractivity contribution is 6.30. The van der Waals surface area contributed by atoms with E-state index in [0.29, 0.717) is 5.69 Å². The molecular weight excluding hydrogens is 243 g/mol. The van der Waals surface area contributed by atoms with Crippen LogP contribution in [0.15, 0.2) is 24.7 Å². The van der Waals surface area contributed by atoms with Crippen molar-refractivity contribution in [2.45, 2.75) is 19.9 Å². The summed E-state index contributed by atoms with van der Waals surface area (Å²) in [7, 11) is 0. The molecule has 0 amide bonds. The van der Waals surface area contributed by atoms with Gasteiger partial charge in [-0.3, -0.25) is 4.68 Å². The van der Waals surface area contributed by atoms with Gasteiger partial charge in [0, 0.05) is 18.4 Å². The molecule has 0 spiro atoms. The lowest BCUT2D eigenvalue weighted by Gasteiger charge is -2.05. The Hall–Kier alpha value is -1.62. The Labute approximate surface area is 103 Å². The molecule has 2 aromatic rings. The summed E-state index contributed by atoms with van der Waals surface area (Å²) in [4.78, 5) is 3.87. The average Bonchev–Trinajstić information content (AvgIpc) is 2.71. The number of halogens is 2. The van der Waals surface area contributed by atoms with Crippen molar-refractivity contribution in [1.82, 2.24) is 14.8 Å². The number of rotatable bonds is 3. The zero-order valence-corrected chi connectivity index (χ0v) is 10.2. The molecule has 2 aromatic heterocycles. The fraction of sp³-hybridized carbons (Fsp3) is 0.273. The van der Waals surface area contributed by atoms with Crippen molar-refractivity contribution in [2.75, 3.05) is 5.32 Å². The van der Waals surface area contributed by atoms with Crippen LogP contribution in [-0.2, 0) is 0 Å². The van der Waals surface area contributed by atoms with Gasteiger partial charge < -0.3 is 5.32 Å². The van der Waals surface area contributed by atoms with Crippen LogP contribution in [0, 0.1) is 5.82 Å². The molecule has 0 atom stereocenters. The fourth-order valence-electron chi connectivity index (χ4n) is 1.33.